The molecular weight excluding hydrogens is 479 g/mol. The van der Waals surface area contributed by atoms with Gasteiger partial charge in [0.15, 0.2) is 15.0 Å². The first-order valence-corrected chi connectivity index (χ1v) is 12.5. The van der Waals surface area contributed by atoms with Crippen molar-refractivity contribution < 1.29 is 17.6 Å². The highest BCUT2D eigenvalue weighted by Crippen LogP contribution is 2.42. The van der Waals surface area contributed by atoms with Gasteiger partial charge in [-0.05, 0) is 30.7 Å². The van der Waals surface area contributed by atoms with Gasteiger partial charge in [0.05, 0.1) is 29.7 Å². The maximum atomic E-state index is 14.7. The molecular formula is C20H18BrFN2O3S2. The molecule has 0 unspecified atom stereocenters. The third kappa shape index (κ3) is 4.41. The molecule has 4 rings (SSSR count). The number of sulfone groups is 1. The normalized spacial score (nSPS) is 24.1. The minimum absolute atomic E-state index is 0.00214. The molecule has 0 bridgehead atoms. The molecule has 0 radical (unpaired) electrons. The van der Waals surface area contributed by atoms with Crippen molar-refractivity contribution in [3.8, 4) is 0 Å². The lowest BCUT2D eigenvalue weighted by atomic mass is 10.1. The van der Waals surface area contributed by atoms with E-state index >= 15 is 0 Å². The lowest BCUT2D eigenvalue weighted by Crippen LogP contribution is -2.38. The van der Waals surface area contributed by atoms with Gasteiger partial charge in [0.1, 0.15) is 5.82 Å². The van der Waals surface area contributed by atoms with Crippen LogP contribution >= 0.6 is 27.7 Å². The van der Waals surface area contributed by atoms with Gasteiger partial charge >= 0.3 is 0 Å². The molecule has 2 saturated heterocycles. The maximum absolute atomic E-state index is 14.7. The van der Waals surface area contributed by atoms with Gasteiger partial charge in [-0.2, -0.15) is 4.99 Å². The molecule has 2 heterocycles. The number of aliphatic imine (C=N–C) groups is 1. The lowest BCUT2D eigenvalue weighted by Gasteiger charge is -2.25. The summed E-state index contributed by atoms with van der Waals surface area (Å²) in [6.45, 7) is 1.97. The van der Waals surface area contributed by atoms with Crippen molar-refractivity contribution in [2.24, 2.45) is 4.99 Å². The number of thioether (sulfide) groups is 1. The molecule has 0 aliphatic carbocycles. The summed E-state index contributed by atoms with van der Waals surface area (Å²) in [5, 5.41) is 0.0854. The molecule has 0 aromatic heterocycles. The van der Waals surface area contributed by atoms with Gasteiger partial charge in [0.2, 0.25) is 0 Å². The number of halogens is 2. The average molecular weight is 497 g/mol. The second-order valence-electron chi connectivity index (χ2n) is 7.22. The monoisotopic (exact) mass is 496 g/mol. The van der Waals surface area contributed by atoms with Crippen LogP contribution in [-0.2, 0) is 21.1 Å². The predicted octanol–water partition coefficient (Wildman–Crippen LogP) is 3.74. The first kappa shape index (κ1) is 20.6. The number of amidine groups is 1. The summed E-state index contributed by atoms with van der Waals surface area (Å²) in [5.74, 6) is -0.918. The first-order chi connectivity index (χ1) is 13.7. The van der Waals surface area contributed by atoms with E-state index in [2.05, 4.69) is 20.9 Å². The van der Waals surface area contributed by atoms with E-state index in [-0.39, 0.29) is 34.8 Å². The molecule has 29 heavy (non-hydrogen) atoms. The highest BCUT2D eigenvalue weighted by atomic mass is 79.9. The zero-order valence-corrected chi connectivity index (χ0v) is 18.7. The molecule has 2 aromatic carbocycles. The summed E-state index contributed by atoms with van der Waals surface area (Å²) in [5.41, 5.74) is 2.18. The van der Waals surface area contributed by atoms with Gasteiger partial charge in [-0.1, -0.05) is 57.5 Å². The third-order valence-corrected chi connectivity index (χ3v) is 8.64. The van der Waals surface area contributed by atoms with Crippen LogP contribution in [0.25, 0.3) is 0 Å². The predicted molar refractivity (Wildman–Crippen MR) is 118 cm³/mol. The Labute approximate surface area is 181 Å². The molecule has 0 N–H and O–H groups in total. The van der Waals surface area contributed by atoms with E-state index in [1.54, 1.807) is 17.0 Å². The van der Waals surface area contributed by atoms with Crippen LogP contribution in [0.1, 0.15) is 11.1 Å². The van der Waals surface area contributed by atoms with E-state index in [1.807, 2.05) is 31.2 Å². The number of carbonyl (C=O) groups excluding carboxylic acids is 1. The SMILES string of the molecule is Cc1ccc(CC(=O)N=C2S[C@H]3CS(=O)(=O)C[C@@H]3N2c2ccc(Br)cc2F)cc1. The van der Waals surface area contributed by atoms with Crippen LogP contribution in [0.5, 0.6) is 0 Å². The van der Waals surface area contributed by atoms with E-state index in [9.17, 15) is 17.6 Å². The zero-order chi connectivity index (χ0) is 20.8. The Morgan fingerprint density at radius 2 is 1.97 bits per heavy atom. The van der Waals surface area contributed by atoms with Crippen molar-refractivity contribution in [3.63, 3.8) is 0 Å². The Hall–Kier alpha value is -1.71. The van der Waals surface area contributed by atoms with E-state index in [0.29, 0.717) is 9.64 Å². The number of rotatable bonds is 3. The molecule has 0 saturated carbocycles. The molecule has 2 atom stereocenters. The lowest BCUT2D eigenvalue weighted by molar-refractivity contribution is -0.117. The van der Waals surface area contributed by atoms with E-state index in [1.165, 1.54) is 17.8 Å². The molecule has 2 aliphatic heterocycles. The second-order valence-corrected chi connectivity index (χ2v) is 11.5. The van der Waals surface area contributed by atoms with E-state index in [0.717, 1.165) is 11.1 Å². The van der Waals surface area contributed by atoms with E-state index < -0.39 is 21.7 Å². The topological polar surface area (TPSA) is 66.8 Å². The summed E-state index contributed by atoms with van der Waals surface area (Å²) in [6.07, 6.45) is 0.134. The molecule has 2 aliphatic rings. The van der Waals surface area contributed by atoms with Crippen LogP contribution < -0.4 is 4.90 Å². The van der Waals surface area contributed by atoms with E-state index in [4.69, 9.17) is 0 Å². The Morgan fingerprint density at radius 1 is 1.24 bits per heavy atom. The van der Waals surface area contributed by atoms with Crippen molar-refractivity contribution in [3.05, 3.63) is 63.9 Å². The fourth-order valence-electron chi connectivity index (χ4n) is 3.55. The average Bonchev–Trinajstić information content (AvgIpc) is 3.08. The number of nitrogens with zero attached hydrogens (tertiary/aromatic N) is 2. The number of carbonyl (C=O) groups is 1. The largest absolute Gasteiger partial charge is 0.313 e. The second kappa shape index (κ2) is 7.85. The van der Waals surface area contributed by atoms with Gasteiger partial charge in [-0.3, -0.25) is 4.79 Å². The van der Waals surface area contributed by atoms with Gasteiger partial charge in [-0.25, -0.2) is 12.8 Å². The molecule has 9 heteroatoms. The molecule has 2 fully saturated rings. The smallest absolute Gasteiger partial charge is 0.252 e. The number of hydrogen-bond acceptors (Lipinski definition) is 4. The summed E-state index contributed by atoms with van der Waals surface area (Å²) >= 11 is 4.47. The van der Waals surface area contributed by atoms with Gasteiger partial charge < -0.3 is 4.90 Å². The van der Waals surface area contributed by atoms with Crippen molar-refractivity contribution in [2.45, 2.75) is 24.6 Å². The number of aryl methyl sites for hydroxylation is 1. The van der Waals surface area contributed by atoms with Gasteiger partial charge in [0, 0.05) is 9.72 Å². The minimum Gasteiger partial charge on any atom is -0.313 e. The maximum Gasteiger partial charge on any atom is 0.252 e. The summed E-state index contributed by atoms with van der Waals surface area (Å²) < 4.78 is 39.5. The number of anilines is 1. The Bertz CT molecular complexity index is 1100. The highest BCUT2D eigenvalue weighted by Gasteiger charge is 2.50. The van der Waals surface area contributed by atoms with Crippen LogP contribution in [0.2, 0.25) is 0 Å². The zero-order valence-electron chi connectivity index (χ0n) is 15.5. The van der Waals surface area contributed by atoms with Crippen molar-refractivity contribution in [1.82, 2.24) is 0 Å². The van der Waals surface area contributed by atoms with Crippen LogP contribution in [0.15, 0.2) is 51.9 Å². The van der Waals surface area contributed by atoms with Crippen LogP contribution in [0, 0.1) is 12.7 Å². The standard InChI is InChI=1S/C20H18BrFN2O3S2/c1-12-2-4-13(5-3-12)8-19(25)23-20-24(16-7-6-14(21)9-15(16)22)17-10-29(26,27)11-18(17)28-20/h2-7,9,17-18H,8,10-11H2,1H3/t17-,18-/m0/s1. The third-order valence-electron chi connectivity index (χ3n) is 4.93. The summed E-state index contributed by atoms with van der Waals surface area (Å²) in [6, 6.07) is 11.8. The van der Waals surface area contributed by atoms with Crippen molar-refractivity contribution in [2.75, 3.05) is 16.4 Å². The number of benzene rings is 2. The fourth-order valence-corrected chi connectivity index (χ4v) is 7.81. The Balaban J connectivity index is 1.66. The fraction of sp³-hybridized carbons (Fsp3) is 0.300. The van der Waals surface area contributed by atoms with Crippen LogP contribution in [0.3, 0.4) is 0 Å². The minimum atomic E-state index is -3.21. The first-order valence-electron chi connectivity index (χ1n) is 9.00. The molecule has 0 spiro atoms. The Kier molecular flexibility index (Phi) is 5.56. The molecule has 152 valence electrons. The van der Waals surface area contributed by atoms with Crippen molar-refractivity contribution in [1.29, 1.82) is 0 Å². The number of hydrogen-bond donors (Lipinski definition) is 0. The summed E-state index contributed by atoms with van der Waals surface area (Å²) in [4.78, 5) is 18.4. The van der Waals surface area contributed by atoms with Crippen molar-refractivity contribution >= 4 is 54.3 Å². The van der Waals surface area contributed by atoms with Gasteiger partial charge in [0.25, 0.3) is 5.91 Å². The Morgan fingerprint density at radius 3 is 2.66 bits per heavy atom. The van der Waals surface area contributed by atoms with Crippen LogP contribution in [-0.4, -0.2) is 42.3 Å². The number of amides is 1. The summed E-state index contributed by atoms with van der Waals surface area (Å²) in [7, 11) is -3.21. The molecule has 1 amide bonds. The quantitative estimate of drug-likeness (QED) is 0.647. The van der Waals surface area contributed by atoms with Crippen LogP contribution in [0.4, 0.5) is 10.1 Å². The molecule has 5 nitrogen and oxygen atoms in total. The number of fused-ring (bicyclic) bond motifs is 1. The molecule has 2 aromatic rings. The highest BCUT2D eigenvalue weighted by molar-refractivity contribution is 9.10. The van der Waals surface area contributed by atoms with Gasteiger partial charge in [-0.15, -0.1) is 0 Å².